The van der Waals surface area contributed by atoms with Gasteiger partial charge in [0.1, 0.15) is 18.3 Å². The maximum atomic E-state index is 12.6. The van der Waals surface area contributed by atoms with Gasteiger partial charge >= 0.3 is 0 Å². The molecule has 0 atom stereocenters. The number of rotatable bonds is 6. The molecule has 36 heavy (non-hydrogen) atoms. The predicted octanol–water partition coefficient (Wildman–Crippen LogP) is 4.69. The largest absolute Gasteiger partial charge is 0.339 e. The normalized spacial score (nSPS) is 11.1. The maximum absolute atomic E-state index is 12.6. The molecule has 2 aromatic carbocycles. The van der Waals surface area contributed by atoms with Crippen LogP contribution in [0.1, 0.15) is 11.4 Å². The van der Waals surface area contributed by atoms with E-state index in [9.17, 15) is 4.79 Å². The Balaban J connectivity index is 1.16. The summed E-state index contributed by atoms with van der Waals surface area (Å²) in [6.07, 6.45) is 5.41. The Kier molecular flexibility index (Phi) is 5.34. The molecule has 4 heterocycles. The molecule has 3 N–H and O–H groups in total. The van der Waals surface area contributed by atoms with Crippen LogP contribution in [0.25, 0.3) is 39.4 Å². The Morgan fingerprint density at radius 2 is 1.81 bits per heavy atom. The van der Waals surface area contributed by atoms with Gasteiger partial charge in [-0.15, -0.1) is 0 Å². The van der Waals surface area contributed by atoms with Gasteiger partial charge in [-0.2, -0.15) is 5.10 Å². The number of hydrogen-bond donors (Lipinski definition) is 3. The van der Waals surface area contributed by atoms with E-state index in [-0.39, 0.29) is 12.3 Å². The van der Waals surface area contributed by atoms with Crippen molar-refractivity contribution < 1.29 is 4.79 Å². The molecule has 0 saturated heterocycles. The molecule has 9 nitrogen and oxygen atoms in total. The lowest BCUT2D eigenvalue weighted by atomic mass is 10.1. The smallest absolute Gasteiger partial charge is 0.230 e. The van der Waals surface area contributed by atoms with Gasteiger partial charge in [-0.25, -0.2) is 15.0 Å². The van der Waals surface area contributed by atoms with Crippen LogP contribution in [0.5, 0.6) is 0 Å². The molecule has 6 aromatic rings. The molecular weight excluding hydrogens is 452 g/mol. The van der Waals surface area contributed by atoms with E-state index < -0.39 is 0 Å². The van der Waals surface area contributed by atoms with Crippen LogP contribution < -0.4 is 5.32 Å². The Morgan fingerprint density at radius 3 is 2.58 bits per heavy atom. The molecule has 0 unspecified atom stereocenters. The first-order valence-electron chi connectivity index (χ1n) is 11.5. The number of aromatic nitrogens is 7. The van der Waals surface area contributed by atoms with E-state index in [1.807, 2.05) is 84.4 Å². The van der Waals surface area contributed by atoms with Crippen LogP contribution in [0.15, 0.2) is 85.6 Å². The monoisotopic (exact) mass is 474 g/mol. The summed E-state index contributed by atoms with van der Waals surface area (Å²) in [5.41, 5.74) is 6.84. The number of amides is 1. The first kappa shape index (κ1) is 21.5. The van der Waals surface area contributed by atoms with Crippen molar-refractivity contribution in [1.82, 2.24) is 34.7 Å². The van der Waals surface area contributed by atoms with Crippen LogP contribution in [-0.4, -0.2) is 40.6 Å². The quantitative estimate of drug-likeness (QED) is 0.324. The molecule has 4 aromatic heterocycles. The average Bonchev–Trinajstić information content (AvgIpc) is 3.64. The topological polar surface area (TPSA) is 117 Å². The average molecular weight is 475 g/mol. The molecule has 0 radical (unpaired) electrons. The standard InChI is InChI=1S/C27H22N8O/c1-17-14-35(16-30-17)27-22-13-23(32-26(22)28-15-29-27)19-7-9-20(10-8-19)31-25(36)12-21-11-24(34-33-21)18-5-3-2-4-6-18/h2-11,13-16H,12H2,1H3,(H,31,36)(H,33,34)(H,28,29,32). The fourth-order valence-electron chi connectivity index (χ4n) is 4.15. The van der Waals surface area contributed by atoms with Crippen molar-refractivity contribution in [1.29, 1.82) is 0 Å². The van der Waals surface area contributed by atoms with Crippen molar-refractivity contribution in [2.24, 2.45) is 0 Å². The number of carbonyl (C=O) groups excluding carboxylic acids is 1. The third-order valence-corrected chi connectivity index (χ3v) is 5.89. The lowest BCUT2D eigenvalue weighted by molar-refractivity contribution is -0.115. The second-order valence-corrected chi connectivity index (χ2v) is 8.51. The van der Waals surface area contributed by atoms with Crippen molar-refractivity contribution >= 4 is 22.6 Å². The van der Waals surface area contributed by atoms with Gasteiger partial charge in [0.25, 0.3) is 0 Å². The Labute approximate surface area is 206 Å². The molecule has 1 amide bonds. The zero-order chi connectivity index (χ0) is 24.5. The molecular formula is C27H22N8O. The molecule has 6 rings (SSSR count). The highest BCUT2D eigenvalue weighted by Gasteiger charge is 2.12. The number of carbonyl (C=O) groups is 1. The van der Waals surface area contributed by atoms with Crippen molar-refractivity contribution in [2.45, 2.75) is 13.3 Å². The summed E-state index contributed by atoms with van der Waals surface area (Å²) < 4.78 is 1.89. The number of aryl methyl sites for hydroxylation is 1. The minimum absolute atomic E-state index is 0.118. The molecule has 0 fully saturated rings. The molecule has 0 aliphatic carbocycles. The van der Waals surface area contributed by atoms with Gasteiger partial charge in [-0.1, -0.05) is 42.5 Å². The Morgan fingerprint density at radius 1 is 0.972 bits per heavy atom. The number of benzene rings is 2. The molecule has 0 spiro atoms. The number of nitrogens with zero attached hydrogens (tertiary/aromatic N) is 5. The van der Waals surface area contributed by atoms with Gasteiger partial charge in [-0.05, 0) is 36.8 Å². The van der Waals surface area contributed by atoms with Crippen LogP contribution in [0, 0.1) is 6.92 Å². The van der Waals surface area contributed by atoms with E-state index in [0.29, 0.717) is 0 Å². The summed E-state index contributed by atoms with van der Waals surface area (Å²) in [4.78, 5) is 29.0. The van der Waals surface area contributed by atoms with Crippen LogP contribution >= 0.6 is 0 Å². The van der Waals surface area contributed by atoms with Crippen LogP contribution in [0.3, 0.4) is 0 Å². The highest BCUT2D eigenvalue weighted by Crippen LogP contribution is 2.27. The predicted molar refractivity (Wildman–Crippen MR) is 138 cm³/mol. The van der Waals surface area contributed by atoms with E-state index in [2.05, 4.69) is 35.5 Å². The van der Waals surface area contributed by atoms with Crippen LogP contribution in [-0.2, 0) is 11.2 Å². The van der Waals surface area contributed by atoms with Gasteiger partial charge in [-0.3, -0.25) is 14.5 Å². The summed E-state index contributed by atoms with van der Waals surface area (Å²) in [7, 11) is 0. The highest BCUT2D eigenvalue weighted by molar-refractivity contribution is 5.93. The van der Waals surface area contributed by atoms with Crippen molar-refractivity contribution in [3.8, 4) is 28.3 Å². The number of imidazole rings is 1. The van der Waals surface area contributed by atoms with Gasteiger partial charge < -0.3 is 10.3 Å². The van der Waals surface area contributed by atoms with Crippen molar-refractivity contribution in [3.05, 3.63) is 97.0 Å². The van der Waals surface area contributed by atoms with Crippen LogP contribution in [0.2, 0.25) is 0 Å². The lowest BCUT2D eigenvalue weighted by Gasteiger charge is -2.05. The third-order valence-electron chi connectivity index (χ3n) is 5.89. The third kappa shape index (κ3) is 4.25. The van der Waals surface area contributed by atoms with E-state index in [1.165, 1.54) is 6.33 Å². The van der Waals surface area contributed by atoms with Gasteiger partial charge in [0.05, 0.1) is 23.2 Å². The SMILES string of the molecule is Cc1cn(-c2ncnc3[nH]c(-c4ccc(NC(=O)Cc5cc(-c6ccccc6)n[nH]5)cc4)cc23)cn1. The van der Waals surface area contributed by atoms with E-state index in [0.717, 1.165) is 56.4 Å². The highest BCUT2D eigenvalue weighted by atomic mass is 16.1. The Hall–Kier alpha value is -5.05. The minimum atomic E-state index is -0.118. The maximum Gasteiger partial charge on any atom is 0.230 e. The molecule has 0 aliphatic heterocycles. The van der Waals surface area contributed by atoms with Crippen molar-refractivity contribution in [3.63, 3.8) is 0 Å². The fourth-order valence-corrected chi connectivity index (χ4v) is 4.15. The first-order chi connectivity index (χ1) is 17.6. The summed E-state index contributed by atoms with van der Waals surface area (Å²) in [5, 5.41) is 11.1. The zero-order valence-electron chi connectivity index (χ0n) is 19.4. The fraction of sp³-hybridized carbons (Fsp3) is 0.0741. The minimum Gasteiger partial charge on any atom is -0.339 e. The number of nitrogens with one attached hydrogen (secondary N) is 3. The summed E-state index contributed by atoms with van der Waals surface area (Å²) in [5.74, 6) is 0.647. The lowest BCUT2D eigenvalue weighted by Crippen LogP contribution is -2.14. The van der Waals surface area contributed by atoms with Gasteiger partial charge in [0.2, 0.25) is 5.91 Å². The number of H-pyrrole nitrogens is 2. The summed E-state index contributed by atoms with van der Waals surface area (Å²) >= 11 is 0. The number of aromatic amines is 2. The molecule has 0 saturated carbocycles. The second kappa shape index (κ2) is 8.95. The number of anilines is 1. The summed E-state index contributed by atoms with van der Waals surface area (Å²) in [6, 6.07) is 21.5. The van der Waals surface area contributed by atoms with Crippen molar-refractivity contribution in [2.75, 3.05) is 5.32 Å². The van der Waals surface area contributed by atoms with E-state index >= 15 is 0 Å². The Bertz CT molecular complexity index is 1660. The number of fused-ring (bicyclic) bond motifs is 1. The zero-order valence-corrected chi connectivity index (χ0v) is 19.4. The summed E-state index contributed by atoms with van der Waals surface area (Å²) in [6.45, 7) is 1.94. The number of hydrogen-bond acceptors (Lipinski definition) is 5. The van der Waals surface area contributed by atoms with E-state index in [1.54, 1.807) is 6.33 Å². The second-order valence-electron chi connectivity index (χ2n) is 8.51. The first-order valence-corrected chi connectivity index (χ1v) is 11.5. The molecule has 0 bridgehead atoms. The van der Waals surface area contributed by atoms with Crippen LogP contribution in [0.4, 0.5) is 5.69 Å². The molecule has 176 valence electrons. The van der Waals surface area contributed by atoms with E-state index in [4.69, 9.17) is 0 Å². The van der Waals surface area contributed by atoms with Gasteiger partial charge in [0.15, 0.2) is 5.82 Å². The molecule has 9 heteroatoms. The molecule has 0 aliphatic rings. The van der Waals surface area contributed by atoms with Gasteiger partial charge in [0, 0.05) is 28.8 Å².